The van der Waals surface area contributed by atoms with Crippen molar-refractivity contribution in [1.29, 1.82) is 0 Å². The van der Waals surface area contributed by atoms with Gasteiger partial charge in [-0.3, -0.25) is 18.7 Å². The summed E-state index contributed by atoms with van der Waals surface area (Å²) in [6.07, 6.45) is 0. The van der Waals surface area contributed by atoms with Gasteiger partial charge in [0.25, 0.3) is 5.56 Å². The number of nitrogens with two attached hydrogens (primary N) is 1. The average Bonchev–Trinajstić information content (AvgIpc) is 2.63. The number of ether oxygens (including phenoxy) is 1. The van der Waals surface area contributed by atoms with Crippen molar-refractivity contribution in [2.24, 2.45) is 13.0 Å². The number of carbonyl (C=O) groups excluding carboxylic acids is 2. The Bertz CT molecular complexity index is 1050. The molecular formula is C18H20BrN3O6. The van der Waals surface area contributed by atoms with Crippen molar-refractivity contribution >= 4 is 33.5 Å². The zero-order valence-electron chi connectivity index (χ0n) is 15.6. The van der Waals surface area contributed by atoms with E-state index in [2.05, 4.69) is 15.9 Å². The number of ketones is 1. The Labute approximate surface area is 168 Å². The number of halogens is 1. The summed E-state index contributed by atoms with van der Waals surface area (Å²) in [7, 11) is 1.24. The molecule has 9 nitrogen and oxygen atoms in total. The fourth-order valence-corrected chi connectivity index (χ4v) is 2.90. The Hall–Kier alpha value is -2.88. The number of hydrogen-bond acceptors (Lipinski definition) is 7. The van der Waals surface area contributed by atoms with E-state index in [1.54, 1.807) is 0 Å². The second kappa shape index (κ2) is 8.42. The predicted molar refractivity (Wildman–Crippen MR) is 106 cm³/mol. The fourth-order valence-electron chi connectivity index (χ4n) is 2.54. The molecule has 10 heteroatoms. The van der Waals surface area contributed by atoms with E-state index < -0.39 is 35.2 Å². The lowest BCUT2D eigenvalue weighted by Crippen LogP contribution is -2.43. The fraction of sp³-hybridized carbons (Fsp3) is 0.333. The largest absolute Gasteiger partial charge is 0.507 e. The molecule has 0 bridgehead atoms. The third-order valence-electron chi connectivity index (χ3n) is 3.92. The second-order valence-corrected chi connectivity index (χ2v) is 7.49. The number of esters is 1. The van der Waals surface area contributed by atoms with E-state index in [1.807, 2.05) is 13.8 Å². The first-order chi connectivity index (χ1) is 13.0. The summed E-state index contributed by atoms with van der Waals surface area (Å²) in [5, 5.41) is 9.75. The number of phenolic OH excluding ortho intramolecular Hbond substituents is 1. The number of nitrogen functional groups attached to an aromatic ring is 1. The molecule has 1 aromatic carbocycles. The van der Waals surface area contributed by atoms with Crippen LogP contribution in [0.4, 0.5) is 5.82 Å². The molecule has 0 aliphatic heterocycles. The van der Waals surface area contributed by atoms with E-state index in [4.69, 9.17) is 10.5 Å². The highest BCUT2D eigenvalue weighted by Gasteiger charge is 2.23. The van der Waals surface area contributed by atoms with Crippen molar-refractivity contribution < 1.29 is 19.4 Å². The Morgan fingerprint density at radius 2 is 1.93 bits per heavy atom. The van der Waals surface area contributed by atoms with Crippen LogP contribution >= 0.6 is 15.9 Å². The van der Waals surface area contributed by atoms with E-state index in [-0.39, 0.29) is 29.6 Å². The number of phenols is 1. The van der Waals surface area contributed by atoms with Gasteiger partial charge in [-0.25, -0.2) is 9.59 Å². The van der Waals surface area contributed by atoms with Crippen LogP contribution in [0.2, 0.25) is 0 Å². The van der Waals surface area contributed by atoms with Gasteiger partial charge in [0.05, 0.1) is 0 Å². The zero-order chi connectivity index (χ0) is 21.2. The SMILES string of the molecule is CC(C)Cn1c(N)c(C(=O)COC(=O)c2cc(Br)ccc2O)c(=O)n(C)c1=O. The number of hydrogen-bond donors (Lipinski definition) is 2. The number of Topliss-reactive ketones (excluding diaryl/α,β-unsaturated/α-hetero) is 1. The summed E-state index contributed by atoms with van der Waals surface area (Å²) < 4.78 is 7.38. The van der Waals surface area contributed by atoms with Crippen LogP contribution in [0.3, 0.4) is 0 Å². The molecule has 0 saturated carbocycles. The van der Waals surface area contributed by atoms with Crippen LogP contribution in [0.15, 0.2) is 32.3 Å². The van der Waals surface area contributed by atoms with Crippen LogP contribution in [-0.4, -0.2) is 32.6 Å². The van der Waals surface area contributed by atoms with Gasteiger partial charge in [0.2, 0.25) is 5.78 Å². The maximum atomic E-state index is 12.5. The van der Waals surface area contributed by atoms with Crippen molar-refractivity contribution in [3.8, 4) is 5.75 Å². The number of carbonyl (C=O) groups is 2. The van der Waals surface area contributed by atoms with Crippen LogP contribution in [0, 0.1) is 5.92 Å². The van der Waals surface area contributed by atoms with Crippen molar-refractivity contribution in [3.63, 3.8) is 0 Å². The number of anilines is 1. The van der Waals surface area contributed by atoms with E-state index in [9.17, 15) is 24.3 Å². The van der Waals surface area contributed by atoms with E-state index in [0.717, 1.165) is 9.13 Å². The lowest BCUT2D eigenvalue weighted by Gasteiger charge is -2.16. The molecule has 2 rings (SSSR count). The highest BCUT2D eigenvalue weighted by Crippen LogP contribution is 2.22. The molecule has 0 saturated heterocycles. The summed E-state index contributed by atoms with van der Waals surface area (Å²) >= 11 is 3.16. The third-order valence-corrected chi connectivity index (χ3v) is 4.42. The molecule has 1 heterocycles. The maximum absolute atomic E-state index is 12.5. The third kappa shape index (κ3) is 4.33. The first-order valence-electron chi connectivity index (χ1n) is 8.32. The predicted octanol–water partition coefficient (Wildman–Crippen LogP) is 1.29. The van der Waals surface area contributed by atoms with Gasteiger partial charge >= 0.3 is 11.7 Å². The first kappa shape index (κ1) is 21.4. The van der Waals surface area contributed by atoms with Crippen LogP contribution < -0.4 is 17.0 Å². The minimum Gasteiger partial charge on any atom is -0.507 e. The van der Waals surface area contributed by atoms with Gasteiger partial charge in [0, 0.05) is 18.1 Å². The van der Waals surface area contributed by atoms with E-state index in [0.29, 0.717) is 4.47 Å². The Balaban J connectivity index is 2.33. The summed E-state index contributed by atoms with van der Waals surface area (Å²) in [6.45, 7) is 3.14. The summed E-state index contributed by atoms with van der Waals surface area (Å²) in [5.74, 6) is -2.34. The molecular weight excluding hydrogens is 434 g/mol. The molecule has 0 amide bonds. The molecule has 1 aromatic heterocycles. The monoisotopic (exact) mass is 453 g/mol. The standard InChI is InChI=1S/C18H20BrN3O6/c1-9(2)7-22-15(20)14(16(25)21(3)18(22)27)13(24)8-28-17(26)11-6-10(19)4-5-12(11)23/h4-6,9,23H,7-8,20H2,1-3H3. The highest BCUT2D eigenvalue weighted by atomic mass is 79.9. The molecule has 3 N–H and O–H groups in total. The van der Waals surface area contributed by atoms with Crippen molar-refractivity contribution in [3.05, 3.63) is 54.6 Å². The van der Waals surface area contributed by atoms with Crippen LogP contribution in [0.1, 0.15) is 34.6 Å². The molecule has 0 radical (unpaired) electrons. The summed E-state index contributed by atoms with van der Waals surface area (Å²) in [4.78, 5) is 49.3. The number of aromatic hydroxyl groups is 1. The molecule has 0 aliphatic carbocycles. The van der Waals surface area contributed by atoms with Crippen molar-refractivity contribution in [2.75, 3.05) is 12.3 Å². The normalized spacial score (nSPS) is 10.9. The number of aromatic nitrogens is 2. The van der Waals surface area contributed by atoms with Gasteiger partial charge in [-0.15, -0.1) is 0 Å². The molecule has 0 fully saturated rings. The van der Waals surface area contributed by atoms with E-state index in [1.165, 1.54) is 25.2 Å². The molecule has 0 atom stereocenters. The Morgan fingerprint density at radius 3 is 2.54 bits per heavy atom. The summed E-state index contributed by atoms with van der Waals surface area (Å²) in [5.41, 5.74) is 3.84. The quantitative estimate of drug-likeness (QED) is 0.496. The van der Waals surface area contributed by atoms with Gasteiger partial charge < -0.3 is 15.6 Å². The van der Waals surface area contributed by atoms with Gasteiger partial charge in [-0.1, -0.05) is 29.8 Å². The molecule has 0 aliphatic rings. The smallest absolute Gasteiger partial charge is 0.342 e. The molecule has 28 heavy (non-hydrogen) atoms. The minimum absolute atomic E-state index is 0.0396. The van der Waals surface area contributed by atoms with Crippen LogP contribution in [0.5, 0.6) is 5.75 Å². The first-order valence-corrected chi connectivity index (χ1v) is 9.12. The van der Waals surface area contributed by atoms with Crippen molar-refractivity contribution in [1.82, 2.24) is 9.13 Å². The second-order valence-electron chi connectivity index (χ2n) is 6.57. The average molecular weight is 454 g/mol. The number of benzene rings is 1. The molecule has 0 spiro atoms. The van der Waals surface area contributed by atoms with Crippen LogP contribution in [-0.2, 0) is 18.3 Å². The topological polar surface area (TPSA) is 134 Å². The maximum Gasteiger partial charge on any atom is 0.342 e. The molecule has 0 unspecified atom stereocenters. The van der Waals surface area contributed by atoms with Crippen LogP contribution in [0.25, 0.3) is 0 Å². The summed E-state index contributed by atoms with van der Waals surface area (Å²) in [6, 6.07) is 4.15. The Kier molecular flexibility index (Phi) is 6.45. The Morgan fingerprint density at radius 1 is 1.29 bits per heavy atom. The highest BCUT2D eigenvalue weighted by molar-refractivity contribution is 9.10. The number of rotatable bonds is 6. The minimum atomic E-state index is -0.946. The van der Waals surface area contributed by atoms with Crippen molar-refractivity contribution in [2.45, 2.75) is 20.4 Å². The lowest BCUT2D eigenvalue weighted by molar-refractivity contribution is 0.0471. The van der Waals surface area contributed by atoms with Gasteiger partial charge in [0.15, 0.2) is 6.61 Å². The van der Waals surface area contributed by atoms with Gasteiger partial charge in [-0.2, -0.15) is 0 Å². The molecule has 150 valence electrons. The van der Waals surface area contributed by atoms with Gasteiger partial charge in [-0.05, 0) is 24.1 Å². The lowest BCUT2D eigenvalue weighted by atomic mass is 10.1. The molecule has 2 aromatic rings. The zero-order valence-corrected chi connectivity index (χ0v) is 17.1. The van der Waals surface area contributed by atoms with Gasteiger partial charge in [0.1, 0.15) is 22.7 Å². The number of nitrogens with zero attached hydrogens (tertiary/aromatic N) is 2. The van der Waals surface area contributed by atoms with E-state index >= 15 is 0 Å².